The van der Waals surface area contributed by atoms with E-state index in [-0.39, 0.29) is 22.3 Å². The molecule has 0 saturated heterocycles. The lowest BCUT2D eigenvalue weighted by Crippen LogP contribution is -2.32. The molecule has 0 unspecified atom stereocenters. The van der Waals surface area contributed by atoms with Gasteiger partial charge in [-0.05, 0) is 42.3 Å². The van der Waals surface area contributed by atoms with Crippen LogP contribution in [0.2, 0.25) is 5.02 Å². The third-order valence-corrected chi connectivity index (χ3v) is 6.08. The SMILES string of the molecule is CC1CCCCC1.CN(CC(=O)O)C(=O)c1cc2nc(Nc3ccc(OC(F)(F)F)cc3)[nH]c2cc1Cl. The summed E-state index contributed by atoms with van der Waals surface area (Å²) < 4.78 is 40.5. The van der Waals surface area contributed by atoms with E-state index in [0.717, 1.165) is 23.0 Å². The molecule has 3 N–H and O–H groups in total. The maximum atomic E-state index is 12.4. The zero-order valence-electron chi connectivity index (χ0n) is 20.4. The first kappa shape index (κ1) is 28.1. The molecule has 1 fully saturated rings. The summed E-state index contributed by atoms with van der Waals surface area (Å²) in [5.74, 6) is -0.816. The number of carboxylic acid groups (broad SMARTS) is 1. The van der Waals surface area contributed by atoms with Crippen LogP contribution in [0.1, 0.15) is 49.4 Å². The molecule has 37 heavy (non-hydrogen) atoms. The van der Waals surface area contributed by atoms with Gasteiger partial charge in [-0.15, -0.1) is 13.2 Å². The predicted octanol–water partition coefficient (Wildman–Crippen LogP) is 6.60. The van der Waals surface area contributed by atoms with E-state index in [9.17, 15) is 22.8 Å². The summed E-state index contributed by atoms with van der Waals surface area (Å²) in [5, 5.41) is 11.8. The second-order valence-electron chi connectivity index (χ2n) is 8.93. The van der Waals surface area contributed by atoms with Crippen molar-refractivity contribution in [3.05, 3.63) is 47.0 Å². The molecule has 1 aliphatic carbocycles. The van der Waals surface area contributed by atoms with Crippen LogP contribution in [-0.2, 0) is 4.79 Å². The van der Waals surface area contributed by atoms with Gasteiger partial charge in [0.25, 0.3) is 5.91 Å². The van der Waals surface area contributed by atoms with Crippen LogP contribution in [0.5, 0.6) is 5.75 Å². The Morgan fingerprint density at radius 1 is 1.19 bits per heavy atom. The van der Waals surface area contributed by atoms with Gasteiger partial charge in [0.15, 0.2) is 0 Å². The number of amides is 1. The molecule has 1 aliphatic rings. The minimum atomic E-state index is -4.78. The minimum Gasteiger partial charge on any atom is -0.480 e. The number of hydrogen-bond donors (Lipinski definition) is 3. The topological polar surface area (TPSA) is 108 Å². The number of anilines is 2. The van der Waals surface area contributed by atoms with E-state index in [1.54, 1.807) is 0 Å². The summed E-state index contributed by atoms with van der Waals surface area (Å²) in [6, 6.07) is 7.92. The smallest absolute Gasteiger partial charge is 0.480 e. The van der Waals surface area contributed by atoms with Crippen LogP contribution in [0.4, 0.5) is 24.8 Å². The molecule has 12 heteroatoms. The third kappa shape index (κ3) is 8.56. The van der Waals surface area contributed by atoms with Gasteiger partial charge in [-0.2, -0.15) is 0 Å². The number of aliphatic carboxylic acids is 1. The highest BCUT2D eigenvalue weighted by atomic mass is 35.5. The fourth-order valence-electron chi connectivity index (χ4n) is 3.92. The number of nitrogens with zero attached hydrogens (tertiary/aromatic N) is 2. The molecule has 1 saturated carbocycles. The number of carbonyl (C=O) groups is 2. The number of alkyl halides is 3. The highest BCUT2D eigenvalue weighted by Crippen LogP contribution is 2.28. The number of halogens is 4. The number of carbonyl (C=O) groups excluding carboxylic acids is 1. The van der Waals surface area contributed by atoms with Gasteiger partial charge in [0.1, 0.15) is 12.3 Å². The molecule has 200 valence electrons. The molecule has 4 rings (SSSR count). The Morgan fingerprint density at radius 3 is 2.38 bits per heavy atom. The van der Waals surface area contributed by atoms with Crippen LogP contribution in [-0.4, -0.2) is 51.8 Å². The maximum Gasteiger partial charge on any atom is 0.573 e. The Hall–Kier alpha value is -3.47. The van der Waals surface area contributed by atoms with Gasteiger partial charge in [-0.1, -0.05) is 50.6 Å². The molecule has 0 radical (unpaired) electrons. The number of fused-ring (bicyclic) bond motifs is 1. The second kappa shape index (κ2) is 12.2. The first-order valence-corrected chi connectivity index (χ1v) is 12.1. The number of nitrogens with one attached hydrogen (secondary N) is 2. The average Bonchev–Trinajstić information content (AvgIpc) is 3.19. The Labute approximate surface area is 216 Å². The standard InChI is InChI=1S/C18H14ClF3N4O4.C7H14/c1-26(8-15(27)28)16(29)11-6-13-14(7-12(11)19)25-17(24-13)23-9-2-4-10(5-3-9)30-18(20,21)22;1-7-5-3-2-4-6-7/h2-7H,8H2,1H3,(H,27,28)(H2,23,24,25);7H,2-6H2,1H3. The molecule has 1 heterocycles. The zero-order valence-corrected chi connectivity index (χ0v) is 21.1. The van der Waals surface area contributed by atoms with E-state index in [1.807, 2.05) is 0 Å². The molecule has 0 atom stereocenters. The van der Waals surface area contributed by atoms with Crippen molar-refractivity contribution in [3.63, 3.8) is 0 Å². The third-order valence-electron chi connectivity index (χ3n) is 5.76. The van der Waals surface area contributed by atoms with Gasteiger partial charge in [0.2, 0.25) is 5.95 Å². The van der Waals surface area contributed by atoms with E-state index >= 15 is 0 Å². The summed E-state index contributed by atoms with van der Waals surface area (Å²) in [6.07, 6.45) is 2.66. The monoisotopic (exact) mass is 540 g/mol. The van der Waals surface area contributed by atoms with Gasteiger partial charge in [-0.25, -0.2) is 4.98 Å². The normalized spacial score (nSPS) is 14.0. The molecule has 8 nitrogen and oxygen atoms in total. The van der Waals surface area contributed by atoms with Gasteiger partial charge in [0.05, 0.1) is 21.6 Å². The summed E-state index contributed by atoms with van der Waals surface area (Å²) in [5.41, 5.74) is 1.40. The van der Waals surface area contributed by atoms with Crippen molar-refractivity contribution in [2.24, 2.45) is 5.92 Å². The van der Waals surface area contributed by atoms with Gasteiger partial charge >= 0.3 is 12.3 Å². The summed E-state index contributed by atoms with van der Waals surface area (Å²) in [7, 11) is 1.33. The first-order chi connectivity index (χ1) is 17.4. The van der Waals surface area contributed by atoms with E-state index in [0.29, 0.717) is 16.7 Å². The van der Waals surface area contributed by atoms with Crippen LogP contribution in [0.15, 0.2) is 36.4 Å². The van der Waals surface area contributed by atoms with Crippen molar-refractivity contribution in [2.75, 3.05) is 18.9 Å². The molecular formula is C25H28ClF3N4O4. The molecular weight excluding hydrogens is 513 g/mol. The van der Waals surface area contributed by atoms with E-state index in [1.165, 1.54) is 63.4 Å². The molecule has 0 aliphatic heterocycles. The molecule has 2 aromatic carbocycles. The number of carboxylic acids is 1. The van der Waals surface area contributed by atoms with Gasteiger partial charge in [0, 0.05) is 12.7 Å². The largest absolute Gasteiger partial charge is 0.573 e. The lowest BCUT2D eigenvalue weighted by Gasteiger charge is -2.15. The summed E-state index contributed by atoms with van der Waals surface area (Å²) >= 11 is 6.15. The number of H-pyrrole nitrogens is 1. The predicted molar refractivity (Wildman–Crippen MR) is 134 cm³/mol. The number of aromatic amines is 1. The lowest BCUT2D eigenvalue weighted by atomic mass is 9.91. The number of ether oxygens (including phenoxy) is 1. The lowest BCUT2D eigenvalue weighted by molar-refractivity contribution is -0.274. The second-order valence-corrected chi connectivity index (χ2v) is 9.34. The molecule has 3 aromatic rings. The first-order valence-electron chi connectivity index (χ1n) is 11.7. The van der Waals surface area contributed by atoms with Crippen LogP contribution in [0, 0.1) is 5.92 Å². The Morgan fingerprint density at radius 2 is 1.84 bits per heavy atom. The number of rotatable bonds is 6. The average molecular weight is 541 g/mol. The van der Waals surface area contributed by atoms with Crippen LogP contribution in [0.25, 0.3) is 11.0 Å². The zero-order chi connectivity index (χ0) is 27.2. The quantitative estimate of drug-likeness (QED) is 0.325. The highest BCUT2D eigenvalue weighted by Gasteiger charge is 2.31. The summed E-state index contributed by atoms with van der Waals surface area (Å²) in [4.78, 5) is 31.4. The molecule has 0 spiro atoms. The van der Waals surface area contributed by atoms with Crippen molar-refractivity contribution in [1.29, 1.82) is 0 Å². The van der Waals surface area contributed by atoms with E-state index in [4.69, 9.17) is 16.7 Å². The van der Waals surface area contributed by atoms with Crippen molar-refractivity contribution in [2.45, 2.75) is 45.4 Å². The fraction of sp³-hybridized carbons (Fsp3) is 0.400. The molecule has 0 bridgehead atoms. The number of benzene rings is 2. The fourth-order valence-corrected chi connectivity index (χ4v) is 4.16. The van der Waals surface area contributed by atoms with Crippen LogP contribution in [0.3, 0.4) is 0 Å². The maximum absolute atomic E-state index is 12.4. The van der Waals surface area contributed by atoms with Crippen molar-refractivity contribution >= 4 is 46.1 Å². The number of imidazole rings is 1. The van der Waals surface area contributed by atoms with Crippen molar-refractivity contribution < 1.29 is 32.6 Å². The van der Waals surface area contributed by atoms with Gasteiger partial charge in [-0.3, -0.25) is 9.59 Å². The Kier molecular flexibility index (Phi) is 9.25. The number of likely N-dealkylation sites (N-methyl/N-ethyl adjacent to an activating group) is 1. The van der Waals surface area contributed by atoms with E-state index in [2.05, 4.69) is 26.9 Å². The van der Waals surface area contributed by atoms with Crippen LogP contribution >= 0.6 is 11.6 Å². The minimum absolute atomic E-state index is 0.0830. The van der Waals surface area contributed by atoms with Crippen LogP contribution < -0.4 is 10.1 Å². The Bertz CT molecular complexity index is 1230. The molecule has 1 amide bonds. The van der Waals surface area contributed by atoms with Gasteiger partial charge < -0.3 is 25.0 Å². The highest BCUT2D eigenvalue weighted by molar-refractivity contribution is 6.34. The summed E-state index contributed by atoms with van der Waals surface area (Å²) in [6.45, 7) is 1.87. The van der Waals surface area contributed by atoms with Crippen molar-refractivity contribution in [1.82, 2.24) is 14.9 Å². The van der Waals surface area contributed by atoms with Crippen molar-refractivity contribution in [3.8, 4) is 5.75 Å². The Balaban J connectivity index is 0.000000468. The number of hydrogen-bond acceptors (Lipinski definition) is 5. The number of aromatic nitrogens is 2. The molecule has 1 aromatic heterocycles. The van der Waals surface area contributed by atoms with E-state index < -0.39 is 24.8 Å².